The fourth-order valence-corrected chi connectivity index (χ4v) is 3.27. The molecule has 0 aliphatic rings. The molecule has 0 fully saturated rings. The Kier molecular flexibility index (Phi) is 3.27. The molecule has 0 saturated carbocycles. The Balaban J connectivity index is 2.29. The molecule has 0 radical (unpaired) electrons. The average molecular weight is 388 g/mol. The third-order valence-corrected chi connectivity index (χ3v) is 4.10. The molecule has 1 aromatic heterocycles. The summed E-state index contributed by atoms with van der Waals surface area (Å²) in [6.07, 6.45) is 0. The summed E-state index contributed by atoms with van der Waals surface area (Å²) in [6.45, 7) is 0. The predicted molar refractivity (Wildman–Crippen MR) is 82.9 cm³/mol. The number of aromatic nitrogens is 2. The van der Waals surface area contributed by atoms with Crippen LogP contribution in [0.15, 0.2) is 36.4 Å². The van der Waals surface area contributed by atoms with Gasteiger partial charge in [-0.05, 0) is 61.8 Å². The molecule has 96 valence electrons. The van der Waals surface area contributed by atoms with Crippen molar-refractivity contribution in [2.45, 2.75) is 0 Å². The highest BCUT2D eigenvalue weighted by Gasteiger charge is 2.13. The molecule has 1 unspecified atom stereocenters. The van der Waals surface area contributed by atoms with Crippen molar-refractivity contribution in [2.75, 3.05) is 0 Å². The van der Waals surface area contributed by atoms with Gasteiger partial charge >= 0.3 is 0 Å². The second-order valence-electron chi connectivity index (χ2n) is 4.06. The van der Waals surface area contributed by atoms with Crippen molar-refractivity contribution in [3.63, 3.8) is 0 Å². The first kappa shape index (κ1) is 12.9. The van der Waals surface area contributed by atoms with Crippen molar-refractivity contribution in [3.05, 3.63) is 51.7 Å². The molecule has 2 nitrogen and oxygen atoms in total. The molecular formula is C13H8F2IN2P. The molecule has 0 N–H and O–H groups in total. The predicted octanol–water partition coefficient (Wildman–Crippen LogP) is 4.22. The van der Waals surface area contributed by atoms with Crippen LogP contribution < -0.4 is 0 Å². The van der Waals surface area contributed by atoms with E-state index in [1.807, 2.05) is 0 Å². The van der Waals surface area contributed by atoms with E-state index in [1.54, 1.807) is 22.7 Å². The molecule has 1 heterocycles. The maximum absolute atomic E-state index is 13.8. The topological polar surface area (TPSA) is 17.8 Å². The number of rotatable bonds is 1. The molecule has 0 bridgehead atoms. The summed E-state index contributed by atoms with van der Waals surface area (Å²) < 4.78 is 30.0. The number of benzene rings is 2. The number of hydrogen-bond acceptors (Lipinski definition) is 1. The molecule has 3 aromatic rings. The van der Waals surface area contributed by atoms with Crippen LogP contribution in [0.5, 0.6) is 0 Å². The van der Waals surface area contributed by atoms with E-state index in [0.29, 0.717) is 5.56 Å². The van der Waals surface area contributed by atoms with E-state index in [1.165, 1.54) is 18.2 Å². The summed E-state index contributed by atoms with van der Waals surface area (Å²) in [4.78, 5) is 0. The van der Waals surface area contributed by atoms with Gasteiger partial charge in [-0.25, -0.2) is 13.2 Å². The second kappa shape index (κ2) is 4.80. The first-order valence-corrected chi connectivity index (χ1v) is 7.05. The third-order valence-electron chi connectivity index (χ3n) is 2.91. The zero-order valence-electron chi connectivity index (χ0n) is 9.57. The van der Waals surface area contributed by atoms with Crippen molar-refractivity contribution in [3.8, 4) is 11.1 Å². The second-order valence-corrected chi connectivity index (χ2v) is 5.57. The Morgan fingerprint density at radius 3 is 2.47 bits per heavy atom. The van der Waals surface area contributed by atoms with Crippen LogP contribution in [0.2, 0.25) is 0 Å². The van der Waals surface area contributed by atoms with Crippen LogP contribution >= 0.6 is 32.0 Å². The van der Waals surface area contributed by atoms with Gasteiger partial charge in [-0.2, -0.15) is 5.10 Å². The molecule has 19 heavy (non-hydrogen) atoms. The van der Waals surface area contributed by atoms with Gasteiger partial charge in [0.15, 0.2) is 0 Å². The van der Waals surface area contributed by atoms with Crippen molar-refractivity contribution in [1.29, 1.82) is 0 Å². The summed E-state index contributed by atoms with van der Waals surface area (Å²) in [6, 6.07) is 9.13. The number of hydrogen-bond donors (Lipinski definition) is 0. The SMILES string of the molecule is Fc1cccc(F)c1-c1ccc2c(c1)c(I)nn2P. The smallest absolute Gasteiger partial charge is 0.133 e. The summed E-state index contributed by atoms with van der Waals surface area (Å²) >= 11 is 2.10. The van der Waals surface area contributed by atoms with Crippen molar-refractivity contribution in [1.82, 2.24) is 9.55 Å². The van der Waals surface area contributed by atoms with Gasteiger partial charge in [-0.1, -0.05) is 12.1 Å². The minimum Gasteiger partial charge on any atom is -0.250 e. The van der Waals surface area contributed by atoms with Gasteiger partial charge in [0.1, 0.15) is 15.3 Å². The molecule has 0 aliphatic heterocycles. The molecule has 0 saturated heterocycles. The molecule has 0 spiro atoms. The first-order valence-electron chi connectivity index (χ1n) is 5.45. The van der Waals surface area contributed by atoms with Crippen LogP contribution in [0.3, 0.4) is 0 Å². The summed E-state index contributed by atoms with van der Waals surface area (Å²) in [7, 11) is 2.48. The highest BCUT2D eigenvalue weighted by Crippen LogP contribution is 2.31. The quantitative estimate of drug-likeness (QED) is 0.451. The third kappa shape index (κ3) is 2.15. The van der Waals surface area contributed by atoms with Crippen LogP contribution in [0, 0.1) is 15.3 Å². The molecule has 0 aliphatic carbocycles. The Labute approximate surface area is 124 Å². The zero-order chi connectivity index (χ0) is 13.6. The fourth-order valence-electron chi connectivity index (χ4n) is 2.03. The monoisotopic (exact) mass is 388 g/mol. The van der Waals surface area contributed by atoms with E-state index >= 15 is 0 Å². The van der Waals surface area contributed by atoms with Crippen LogP contribution in [0.4, 0.5) is 8.78 Å². The highest BCUT2D eigenvalue weighted by atomic mass is 127. The van der Waals surface area contributed by atoms with E-state index in [2.05, 4.69) is 37.1 Å². The number of halogens is 3. The Morgan fingerprint density at radius 2 is 1.79 bits per heavy atom. The minimum absolute atomic E-state index is 0.00305. The highest BCUT2D eigenvalue weighted by molar-refractivity contribution is 14.1. The Bertz CT molecular complexity index is 765. The molecular weight excluding hydrogens is 380 g/mol. The van der Waals surface area contributed by atoms with E-state index in [0.717, 1.165) is 14.6 Å². The summed E-state index contributed by atoms with van der Waals surface area (Å²) in [5, 5.41) is 5.12. The Hall–Kier alpha value is -1.07. The summed E-state index contributed by atoms with van der Waals surface area (Å²) in [5.41, 5.74) is 1.41. The van der Waals surface area contributed by atoms with Gasteiger partial charge in [0.05, 0.1) is 11.1 Å². The van der Waals surface area contributed by atoms with Gasteiger partial charge in [-0.3, -0.25) is 0 Å². The maximum Gasteiger partial charge on any atom is 0.133 e. The standard InChI is InChI=1S/C13H8F2IN2P/c14-9-2-1-3-10(15)12(9)7-4-5-11-8(6-7)13(16)17-18(11)19/h1-6H,19H2. The molecule has 0 amide bonds. The average Bonchev–Trinajstić information content (AvgIpc) is 2.65. The van der Waals surface area contributed by atoms with Crippen molar-refractivity contribution >= 4 is 42.9 Å². The van der Waals surface area contributed by atoms with Gasteiger partial charge in [-0.15, -0.1) is 0 Å². The van der Waals surface area contributed by atoms with E-state index in [9.17, 15) is 8.78 Å². The lowest BCUT2D eigenvalue weighted by Crippen LogP contribution is -1.89. The van der Waals surface area contributed by atoms with Crippen molar-refractivity contribution < 1.29 is 8.78 Å². The van der Waals surface area contributed by atoms with Gasteiger partial charge < -0.3 is 0 Å². The van der Waals surface area contributed by atoms with Crippen LogP contribution in [0.1, 0.15) is 0 Å². The van der Waals surface area contributed by atoms with Crippen LogP contribution in [0.25, 0.3) is 22.0 Å². The minimum atomic E-state index is -0.562. The molecule has 1 atom stereocenters. The van der Waals surface area contributed by atoms with Crippen LogP contribution in [-0.4, -0.2) is 9.55 Å². The molecule has 3 rings (SSSR count). The number of fused-ring (bicyclic) bond motifs is 1. The lowest BCUT2D eigenvalue weighted by atomic mass is 10.0. The summed E-state index contributed by atoms with van der Waals surface area (Å²) in [5.74, 6) is -1.12. The van der Waals surface area contributed by atoms with Crippen molar-refractivity contribution in [2.24, 2.45) is 0 Å². The van der Waals surface area contributed by atoms with Gasteiger partial charge in [0, 0.05) is 5.39 Å². The normalized spacial score (nSPS) is 11.2. The van der Waals surface area contributed by atoms with E-state index in [-0.39, 0.29) is 5.56 Å². The van der Waals surface area contributed by atoms with E-state index in [4.69, 9.17) is 0 Å². The lowest BCUT2D eigenvalue weighted by molar-refractivity contribution is 0.589. The lowest BCUT2D eigenvalue weighted by Gasteiger charge is -2.05. The van der Waals surface area contributed by atoms with Crippen LogP contribution in [-0.2, 0) is 0 Å². The molecule has 6 heteroatoms. The fraction of sp³-hybridized carbons (Fsp3) is 0. The zero-order valence-corrected chi connectivity index (χ0v) is 12.9. The van der Waals surface area contributed by atoms with Gasteiger partial charge in [0.2, 0.25) is 0 Å². The largest absolute Gasteiger partial charge is 0.250 e. The maximum atomic E-state index is 13.8. The number of nitrogens with zero attached hydrogens (tertiary/aromatic N) is 2. The Morgan fingerprint density at radius 1 is 1.11 bits per heavy atom. The van der Waals surface area contributed by atoms with Gasteiger partial charge in [0.25, 0.3) is 0 Å². The molecule has 2 aromatic carbocycles. The van der Waals surface area contributed by atoms with E-state index < -0.39 is 11.6 Å². The first-order chi connectivity index (χ1) is 9.08.